The molecule has 1 aromatic rings. The van der Waals surface area contributed by atoms with E-state index in [0.717, 1.165) is 26.1 Å². The van der Waals surface area contributed by atoms with Gasteiger partial charge in [-0.25, -0.2) is 0 Å². The number of nitrogens with one attached hydrogen (secondary N) is 1. The second-order valence-corrected chi connectivity index (χ2v) is 4.71. The second kappa shape index (κ2) is 8.67. The van der Waals surface area contributed by atoms with Crippen LogP contribution >= 0.6 is 0 Å². The molecule has 0 fully saturated rings. The second-order valence-electron chi connectivity index (χ2n) is 4.71. The van der Waals surface area contributed by atoms with Crippen LogP contribution < -0.4 is 11.1 Å². The summed E-state index contributed by atoms with van der Waals surface area (Å²) in [6.45, 7) is 6.73. The molecule has 0 aliphatic heterocycles. The Balaban J connectivity index is 2.63. The van der Waals surface area contributed by atoms with Gasteiger partial charge in [0.25, 0.3) is 0 Å². The van der Waals surface area contributed by atoms with Gasteiger partial charge in [0.1, 0.15) is 0 Å². The first-order chi connectivity index (χ1) is 9.19. The van der Waals surface area contributed by atoms with E-state index in [1.807, 2.05) is 32.0 Å². The van der Waals surface area contributed by atoms with E-state index in [0.29, 0.717) is 6.54 Å². The molecule has 1 atom stereocenters. The first-order valence-corrected chi connectivity index (χ1v) is 6.94. The Bertz CT molecular complexity index is 367. The maximum atomic E-state index is 12.0. The molecule has 1 unspecified atom stereocenters. The van der Waals surface area contributed by atoms with Gasteiger partial charge in [-0.2, -0.15) is 0 Å². The minimum Gasteiger partial charge on any atom is -0.355 e. The minimum atomic E-state index is -0.157. The molecule has 19 heavy (non-hydrogen) atoms. The summed E-state index contributed by atoms with van der Waals surface area (Å²) in [5, 5.41) is 2.94. The van der Waals surface area contributed by atoms with E-state index in [-0.39, 0.29) is 11.9 Å². The van der Waals surface area contributed by atoms with Crippen LogP contribution in [0.3, 0.4) is 0 Å². The molecule has 0 spiro atoms. The van der Waals surface area contributed by atoms with E-state index >= 15 is 0 Å². The molecule has 1 rings (SSSR count). The number of carbonyl (C=O) groups excluding carboxylic acids is 1. The molecule has 0 aromatic heterocycles. The fraction of sp³-hybridized carbons (Fsp3) is 0.533. The minimum absolute atomic E-state index is 0.0752. The third kappa shape index (κ3) is 5.41. The maximum absolute atomic E-state index is 12.0. The first kappa shape index (κ1) is 15.7. The van der Waals surface area contributed by atoms with Crippen molar-refractivity contribution in [1.29, 1.82) is 0 Å². The van der Waals surface area contributed by atoms with Crippen molar-refractivity contribution in [3.05, 3.63) is 35.9 Å². The van der Waals surface area contributed by atoms with Gasteiger partial charge >= 0.3 is 0 Å². The van der Waals surface area contributed by atoms with Crippen LogP contribution in [0.2, 0.25) is 0 Å². The Labute approximate surface area is 116 Å². The third-order valence-corrected chi connectivity index (χ3v) is 3.12. The van der Waals surface area contributed by atoms with Gasteiger partial charge in [-0.15, -0.1) is 0 Å². The van der Waals surface area contributed by atoms with Gasteiger partial charge in [-0.3, -0.25) is 9.69 Å². The Kier molecular flexibility index (Phi) is 7.15. The molecule has 0 saturated heterocycles. The highest BCUT2D eigenvalue weighted by molar-refractivity contribution is 5.81. The zero-order valence-corrected chi connectivity index (χ0v) is 11.9. The first-order valence-electron chi connectivity index (χ1n) is 6.94. The summed E-state index contributed by atoms with van der Waals surface area (Å²) in [6, 6.07) is 10.00. The van der Waals surface area contributed by atoms with Crippen molar-refractivity contribution in [3.8, 4) is 0 Å². The summed E-state index contributed by atoms with van der Waals surface area (Å²) >= 11 is 0. The van der Waals surface area contributed by atoms with Gasteiger partial charge in [0, 0.05) is 26.2 Å². The molecule has 0 heterocycles. The van der Waals surface area contributed by atoms with E-state index in [1.54, 1.807) is 0 Å². The average molecular weight is 263 g/mol. The fourth-order valence-corrected chi connectivity index (χ4v) is 1.96. The number of nitrogens with zero attached hydrogens (tertiary/aromatic N) is 1. The predicted molar refractivity (Wildman–Crippen MR) is 78.7 cm³/mol. The highest BCUT2D eigenvalue weighted by Gasteiger charge is 2.20. The van der Waals surface area contributed by atoms with Gasteiger partial charge in [-0.1, -0.05) is 37.3 Å². The quantitative estimate of drug-likeness (QED) is 0.744. The Morgan fingerprint density at radius 3 is 2.63 bits per heavy atom. The molecule has 0 bridgehead atoms. The molecule has 0 saturated carbocycles. The monoisotopic (exact) mass is 263 g/mol. The summed E-state index contributed by atoms with van der Waals surface area (Å²) in [5.74, 6) is 0.0752. The molecule has 4 nitrogen and oxygen atoms in total. The van der Waals surface area contributed by atoms with Crippen LogP contribution in [-0.4, -0.2) is 36.5 Å². The number of amides is 1. The maximum Gasteiger partial charge on any atom is 0.237 e. The average Bonchev–Trinajstić information content (AvgIpc) is 2.44. The highest BCUT2D eigenvalue weighted by atomic mass is 16.2. The summed E-state index contributed by atoms with van der Waals surface area (Å²) < 4.78 is 0. The van der Waals surface area contributed by atoms with Crippen molar-refractivity contribution in [2.75, 3.05) is 19.6 Å². The van der Waals surface area contributed by atoms with Crippen molar-refractivity contribution in [1.82, 2.24) is 10.2 Å². The molecule has 106 valence electrons. The zero-order valence-electron chi connectivity index (χ0n) is 11.9. The molecule has 1 amide bonds. The molecule has 0 radical (unpaired) electrons. The van der Waals surface area contributed by atoms with Gasteiger partial charge < -0.3 is 11.1 Å². The SMILES string of the molecule is CCCNC(=O)C(C)N(CCN)Cc1ccccc1. The lowest BCUT2D eigenvalue weighted by atomic mass is 10.1. The van der Waals surface area contributed by atoms with Crippen LogP contribution in [0, 0.1) is 0 Å². The number of carbonyl (C=O) groups is 1. The zero-order chi connectivity index (χ0) is 14.1. The van der Waals surface area contributed by atoms with Crippen LogP contribution in [0.4, 0.5) is 0 Å². The summed E-state index contributed by atoms with van der Waals surface area (Å²) in [4.78, 5) is 14.1. The lowest BCUT2D eigenvalue weighted by Crippen LogP contribution is -2.46. The van der Waals surface area contributed by atoms with E-state index in [4.69, 9.17) is 5.73 Å². The van der Waals surface area contributed by atoms with Crippen molar-refractivity contribution in [2.45, 2.75) is 32.9 Å². The molecule has 3 N–H and O–H groups in total. The lowest BCUT2D eigenvalue weighted by Gasteiger charge is -2.27. The smallest absolute Gasteiger partial charge is 0.237 e. The fourth-order valence-electron chi connectivity index (χ4n) is 1.96. The molecule has 0 aliphatic rings. The number of nitrogens with two attached hydrogens (primary N) is 1. The summed E-state index contributed by atoms with van der Waals surface area (Å²) in [7, 11) is 0. The van der Waals surface area contributed by atoms with Crippen molar-refractivity contribution in [2.24, 2.45) is 5.73 Å². The summed E-state index contributed by atoms with van der Waals surface area (Å²) in [5.41, 5.74) is 6.85. The van der Waals surface area contributed by atoms with Crippen LogP contribution in [0.1, 0.15) is 25.8 Å². The third-order valence-electron chi connectivity index (χ3n) is 3.12. The highest BCUT2D eigenvalue weighted by Crippen LogP contribution is 2.08. The normalized spacial score (nSPS) is 12.4. The largest absolute Gasteiger partial charge is 0.355 e. The van der Waals surface area contributed by atoms with Crippen LogP contribution in [0.15, 0.2) is 30.3 Å². The molecular weight excluding hydrogens is 238 g/mol. The van der Waals surface area contributed by atoms with Crippen molar-refractivity contribution in [3.63, 3.8) is 0 Å². The number of hydrogen-bond donors (Lipinski definition) is 2. The van der Waals surface area contributed by atoms with Crippen molar-refractivity contribution >= 4 is 5.91 Å². The molecular formula is C15H25N3O. The predicted octanol–water partition coefficient (Wildman–Crippen LogP) is 1.36. The standard InChI is InChI=1S/C15H25N3O/c1-3-10-17-15(19)13(2)18(11-9-16)12-14-7-5-4-6-8-14/h4-8,13H,3,9-12,16H2,1-2H3,(H,17,19). The lowest BCUT2D eigenvalue weighted by molar-refractivity contribution is -0.126. The number of rotatable bonds is 8. The van der Waals surface area contributed by atoms with E-state index < -0.39 is 0 Å². The van der Waals surface area contributed by atoms with Gasteiger partial charge in [0.2, 0.25) is 5.91 Å². The van der Waals surface area contributed by atoms with Crippen LogP contribution in [0.25, 0.3) is 0 Å². The van der Waals surface area contributed by atoms with E-state index in [1.165, 1.54) is 5.56 Å². The number of benzene rings is 1. The number of hydrogen-bond acceptors (Lipinski definition) is 3. The molecule has 4 heteroatoms. The van der Waals surface area contributed by atoms with Gasteiger partial charge in [0.15, 0.2) is 0 Å². The molecule has 0 aliphatic carbocycles. The van der Waals surface area contributed by atoms with E-state index in [2.05, 4.69) is 22.3 Å². The Morgan fingerprint density at radius 1 is 1.37 bits per heavy atom. The van der Waals surface area contributed by atoms with Crippen LogP contribution in [0.5, 0.6) is 0 Å². The van der Waals surface area contributed by atoms with Crippen molar-refractivity contribution < 1.29 is 4.79 Å². The van der Waals surface area contributed by atoms with Gasteiger partial charge in [0.05, 0.1) is 6.04 Å². The molecule has 1 aromatic carbocycles. The van der Waals surface area contributed by atoms with Crippen LogP contribution in [-0.2, 0) is 11.3 Å². The Hall–Kier alpha value is -1.39. The summed E-state index contributed by atoms with van der Waals surface area (Å²) in [6.07, 6.45) is 0.952. The van der Waals surface area contributed by atoms with Gasteiger partial charge in [-0.05, 0) is 18.9 Å². The topological polar surface area (TPSA) is 58.4 Å². The Morgan fingerprint density at radius 2 is 2.05 bits per heavy atom. The van der Waals surface area contributed by atoms with E-state index in [9.17, 15) is 4.79 Å².